The summed E-state index contributed by atoms with van der Waals surface area (Å²) in [6, 6.07) is 2.36. The maximum atomic E-state index is 15.1. The highest BCUT2D eigenvalue weighted by Gasteiger charge is 2.50. The second-order valence-corrected chi connectivity index (χ2v) is 26.8. The van der Waals surface area contributed by atoms with Gasteiger partial charge in [-0.2, -0.15) is 13.2 Å². The molecule has 2 aromatic rings. The van der Waals surface area contributed by atoms with Crippen molar-refractivity contribution in [1.29, 1.82) is 0 Å². The van der Waals surface area contributed by atoms with Crippen LogP contribution in [0, 0.1) is 24.7 Å². The number of fused-ring (bicyclic) bond motifs is 1. The second-order valence-electron chi connectivity index (χ2n) is 26.4. The number of hydrogen-bond donors (Lipinski definition) is 3. The van der Waals surface area contributed by atoms with E-state index in [0.29, 0.717) is 36.8 Å². The van der Waals surface area contributed by atoms with Crippen molar-refractivity contribution in [2.45, 2.75) is 186 Å². The molecule has 3 fully saturated rings. The number of rotatable bonds is 10. The fourth-order valence-electron chi connectivity index (χ4n) is 12.5. The van der Waals surface area contributed by atoms with E-state index in [1.54, 1.807) is 45.9 Å². The Morgan fingerprint density at radius 3 is 1.87 bits per heavy atom. The molecule has 2 saturated heterocycles. The molecule has 1 spiro atoms. The Labute approximate surface area is 544 Å². The Balaban J connectivity index is 1.58. The Bertz CT molecular complexity index is 3030. The molecule has 0 bridgehead atoms. The highest BCUT2D eigenvalue weighted by Crippen LogP contribution is 2.36. The molecule has 3 aliphatic rings. The van der Waals surface area contributed by atoms with Crippen LogP contribution in [0.2, 0.25) is 5.02 Å². The number of carbonyl (C=O) groups excluding carboxylic acids is 11. The van der Waals surface area contributed by atoms with E-state index in [4.69, 9.17) is 11.6 Å². The molecule has 92 heavy (non-hydrogen) atoms. The van der Waals surface area contributed by atoms with Crippen LogP contribution in [0.15, 0.2) is 42.5 Å². The second kappa shape index (κ2) is 32.5. The Morgan fingerprint density at radius 1 is 0.674 bits per heavy atom. The zero-order valence-corrected chi connectivity index (χ0v) is 57.0. The fourth-order valence-corrected chi connectivity index (χ4v) is 12.8. The lowest BCUT2D eigenvalue weighted by atomic mass is 9.91. The number of nitrogens with one attached hydrogen (secondary N) is 3. The first-order valence-corrected chi connectivity index (χ1v) is 32.3. The smallest absolute Gasteiger partial charge is 0.343 e. The molecule has 510 valence electrons. The summed E-state index contributed by atoms with van der Waals surface area (Å²) >= 11 is 6.11. The minimum Gasteiger partial charge on any atom is -0.343 e. The summed E-state index contributed by atoms with van der Waals surface area (Å²) in [7, 11) is 9.95. The van der Waals surface area contributed by atoms with E-state index in [-0.39, 0.29) is 63.8 Å². The van der Waals surface area contributed by atoms with Crippen molar-refractivity contribution in [3.8, 4) is 0 Å². The highest BCUT2D eigenvalue weighted by atomic mass is 35.5. The van der Waals surface area contributed by atoms with E-state index in [2.05, 4.69) is 16.0 Å². The van der Waals surface area contributed by atoms with E-state index >= 15 is 9.59 Å². The number of likely N-dealkylation sites (N-methyl/N-ethyl adjacent to an activating group) is 7. The number of benzene rings is 2. The summed E-state index contributed by atoms with van der Waals surface area (Å²) < 4.78 is 41.3. The largest absolute Gasteiger partial charge is 0.417 e. The molecule has 11 amide bonds. The molecule has 0 aromatic heterocycles. The molecule has 0 unspecified atom stereocenters. The molecule has 1 aliphatic carbocycles. The maximum Gasteiger partial charge on any atom is 0.417 e. The van der Waals surface area contributed by atoms with Gasteiger partial charge in [0.25, 0.3) is 0 Å². The average molecular weight is 1310 g/mol. The lowest BCUT2D eigenvalue weighted by Gasteiger charge is -2.41. The molecule has 1 saturated carbocycles. The van der Waals surface area contributed by atoms with Gasteiger partial charge < -0.3 is 55.1 Å². The molecule has 2 heterocycles. The van der Waals surface area contributed by atoms with Crippen LogP contribution in [0.5, 0.6) is 0 Å². The van der Waals surface area contributed by atoms with Crippen LogP contribution in [-0.2, 0) is 71.8 Å². The first-order chi connectivity index (χ1) is 43.0. The molecular weight excluding hydrogens is 1220 g/mol. The third-order valence-corrected chi connectivity index (χ3v) is 18.9. The fraction of sp³-hybridized carbons (Fsp3) is 0.652. The predicted molar refractivity (Wildman–Crippen MR) is 341 cm³/mol. The number of aryl methyl sites for hydroxylation is 2. The highest BCUT2D eigenvalue weighted by molar-refractivity contribution is 6.31. The molecule has 26 heteroatoms. The van der Waals surface area contributed by atoms with Crippen LogP contribution in [-0.4, -0.2) is 228 Å². The van der Waals surface area contributed by atoms with E-state index in [1.807, 2.05) is 33.8 Å². The van der Waals surface area contributed by atoms with E-state index < -0.39 is 161 Å². The van der Waals surface area contributed by atoms with Gasteiger partial charge in [0.2, 0.25) is 65.0 Å². The summed E-state index contributed by atoms with van der Waals surface area (Å²) in [4.78, 5) is 170. The first kappa shape index (κ1) is 75.4. The van der Waals surface area contributed by atoms with E-state index in [0.717, 1.165) is 32.4 Å². The van der Waals surface area contributed by atoms with Crippen LogP contribution in [0.3, 0.4) is 0 Å². The van der Waals surface area contributed by atoms with Crippen LogP contribution in [0.4, 0.5) is 13.2 Å². The Hall–Kier alpha value is -7.31. The van der Waals surface area contributed by atoms with Crippen LogP contribution in [0.25, 0.3) is 0 Å². The number of hydrogen-bond acceptors (Lipinski definition) is 11. The van der Waals surface area contributed by atoms with Crippen molar-refractivity contribution in [2.75, 3.05) is 75.5 Å². The number of nitrogens with zero attached hydrogens (tertiary/aromatic N) is 8. The van der Waals surface area contributed by atoms with Crippen molar-refractivity contribution < 1.29 is 65.9 Å². The third-order valence-electron chi connectivity index (χ3n) is 18.6. The maximum absolute atomic E-state index is 15.1. The van der Waals surface area contributed by atoms with Gasteiger partial charge in [-0.3, -0.25) is 52.7 Å². The SMILES string of the molecule is CC[C@H](C)[C@@H]1NC(=O)[C@H](CC(C)C)N(C)C(=O)C[C@@H](C)N(C)C(=O)[C@H](C(C)C)N(C)C(=O)C2(CCCC2)NC(=O)[C@@H]2CCCN2C(=O)[C@H](CCc2ccc(C(F)(F)F)c(Cl)c2)NC(=O)CN(C)C(=O)[C@H](Cc2ccccc2C)N(C)C(=O)CN(C)C(=O)CN(C)C1=O. The number of carbonyl (C=O) groups is 11. The van der Waals surface area contributed by atoms with Crippen molar-refractivity contribution in [3.05, 3.63) is 69.7 Å². The van der Waals surface area contributed by atoms with E-state index in [9.17, 15) is 56.3 Å². The lowest BCUT2D eigenvalue weighted by molar-refractivity contribution is -0.152. The van der Waals surface area contributed by atoms with Gasteiger partial charge in [-0.05, 0) is 105 Å². The normalized spacial score (nSPS) is 24.9. The molecule has 0 radical (unpaired) electrons. The summed E-state index contributed by atoms with van der Waals surface area (Å²) in [5.74, 6) is -8.05. The van der Waals surface area contributed by atoms with Gasteiger partial charge in [0, 0.05) is 74.8 Å². The van der Waals surface area contributed by atoms with Gasteiger partial charge >= 0.3 is 6.18 Å². The lowest BCUT2D eigenvalue weighted by Crippen LogP contribution is -2.64. The van der Waals surface area contributed by atoms with Gasteiger partial charge in [-0.1, -0.05) is 103 Å². The van der Waals surface area contributed by atoms with Crippen LogP contribution >= 0.6 is 11.6 Å². The number of amides is 11. The monoisotopic (exact) mass is 1310 g/mol. The quantitative estimate of drug-likeness (QED) is 0.283. The number of alkyl halides is 3. The predicted octanol–water partition coefficient (Wildman–Crippen LogP) is 5.09. The third kappa shape index (κ3) is 18.7. The topological polar surface area (TPSA) is 250 Å². The van der Waals surface area contributed by atoms with Gasteiger partial charge in [0.15, 0.2) is 0 Å². The molecule has 5 rings (SSSR count). The minimum absolute atomic E-state index is 0.0371. The van der Waals surface area contributed by atoms with Crippen molar-refractivity contribution in [2.24, 2.45) is 17.8 Å². The molecule has 2 aliphatic heterocycles. The molecular formula is C66H97ClF3N11O11. The summed E-state index contributed by atoms with van der Waals surface area (Å²) in [6.07, 6.45) is -2.71. The average Bonchev–Trinajstić information content (AvgIpc) is 1.59. The first-order valence-electron chi connectivity index (χ1n) is 31.9. The molecule has 3 N–H and O–H groups in total. The number of halogens is 4. The van der Waals surface area contributed by atoms with Gasteiger partial charge in [0.1, 0.15) is 41.8 Å². The zero-order valence-electron chi connectivity index (χ0n) is 56.2. The zero-order chi connectivity index (χ0) is 69.0. The van der Waals surface area contributed by atoms with Gasteiger partial charge in [0.05, 0.1) is 30.2 Å². The molecule has 22 nitrogen and oxygen atoms in total. The van der Waals surface area contributed by atoms with Crippen molar-refractivity contribution >= 4 is 76.6 Å². The van der Waals surface area contributed by atoms with Crippen molar-refractivity contribution in [1.82, 2.24) is 55.1 Å². The summed E-state index contributed by atoms with van der Waals surface area (Å²) in [6.45, 7) is 12.7. The van der Waals surface area contributed by atoms with Crippen LogP contribution < -0.4 is 16.0 Å². The van der Waals surface area contributed by atoms with Gasteiger partial charge in [-0.15, -0.1) is 0 Å². The standard InChI is InChI=1S/C66H97ClF3N11O11/c1-16-41(6)56-62(90)76(11)37-54(84)74(9)38-55(85)79(14)51(35-45-23-18-17-22-42(45)7)61(89)75(10)36-52(82)71-48(28-26-44-25-27-46(47(67)34-44)66(68,69)70)60(88)81-31-21-24-49(81)59(87)73-65(29-19-20-30-65)64(92)80(15)57(40(4)5)63(91)77(12)43(8)33-53(83)78(13)50(32-39(2)3)58(86)72-56/h17-18,22-23,25,27,34,39-41,43,48-51,56-57H,16,19-21,24,26,28-33,35-38H2,1-15H3,(H,71,82)(H,72,86)(H,73,87)/t41-,43+,48-,49-,50-,51-,56-,57-/m0/s1. The minimum atomic E-state index is -4.75. The van der Waals surface area contributed by atoms with Crippen molar-refractivity contribution in [3.63, 3.8) is 0 Å². The Kier molecular flexibility index (Phi) is 26.6. The summed E-state index contributed by atoms with van der Waals surface area (Å²) in [5, 5.41) is 8.04. The Morgan fingerprint density at radius 2 is 1.28 bits per heavy atom. The van der Waals surface area contributed by atoms with E-state index in [1.165, 1.54) is 79.9 Å². The molecule has 8 atom stereocenters. The van der Waals surface area contributed by atoms with Gasteiger partial charge in [-0.25, -0.2) is 0 Å². The summed E-state index contributed by atoms with van der Waals surface area (Å²) in [5.41, 5.74) is -0.813. The van der Waals surface area contributed by atoms with Crippen LogP contribution in [0.1, 0.15) is 135 Å². The molecule has 2 aromatic carbocycles.